The van der Waals surface area contributed by atoms with Crippen molar-refractivity contribution in [3.8, 4) is 11.4 Å². The number of H-pyrrole nitrogens is 2. The van der Waals surface area contributed by atoms with Gasteiger partial charge in [-0.3, -0.25) is 4.79 Å². The second-order valence-electron chi connectivity index (χ2n) is 4.46. The summed E-state index contributed by atoms with van der Waals surface area (Å²) in [6.07, 6.45) is 0. The van der Waals surface area contributed by atoms with Crippen LogP contribution in [-0.4, -0.2) is 25.4 Å². The maximum Gasteiger partial charge on any atom is 0.259 e. The first-order valence-electron chi connectivity index (χ1n) is 6.11. The monoisotopic (exact) mass is 263 g/mol. The van der Waals surface area contributed by atoms with Crippen molar-refractivity contribution in [2.45, 2.75) is 0 Å². The van der Waals surface area contributed by atoms with Crippen molar-refractivity contribution >= 4 is 21.9 Å². The van der Waals surface area contributed by atoms with Crippen molar-refractivity contribution in [1.82, 2.24) is 25.4 Å². The number of aromatic nitrogens is 5. The van der Waals surface area contributed by atoms with Gasteiger partial charge >= 0.3 is 0 Å². The second kappa shape index (κ2) is 3.99. The van der Waals surface area contributed by atoms with Crippen LogP contribution < -0.4 is 5.56 Å². The van der Waals surface area contributed by atoms with Gasteiger partial charge in [0.05, 0.1) is 10.9 Å². The third kappa shape index (κ3) is 1.58. The number of nitrogens with one attached hydrogen (secondary N) is 2. The highest BCUT2D eigenvalue weighted by Gasteiger charge is 2.07. The summed E-state index contributed by atoms with van der Waals surface area (Å²) in [6.45, 7) is 0. The molecule has 96 valence electrons. The van der Waals surface area contributed by atoms with Gasteiger partial charge in [-0.05, 0) is 30.3 Å². The number of nitrogens with zero attached hydrogens (tertiary/aromatic N) is 3. The summed E-state index contributed by atoms with van der Waals surface area (Å²) in [4.78, 5) is 19.3. The van der Waals surface area contributed by atoms with Gasteiger partial charge in [-0.2, -0.15) is 15.4 Å². The third-order valence-electron chi connectivity index (χ3n) is 3.20. The molecule has 0 radical (unpaired) electrons. The molecule has 0 atom stereocenters. The maximum atomic E-state index is 12.1. The lowest BCUT2D eigenvalue weighted by Gasteiger charge is -2.02. The molecule has 6 heteroatoms. The predicted molar refractivity (Wildman–Crippen MR) is 75.2 cm³/mol. The van der Waals surface area contributed by atoms with E-state index in [1.54, 1.807) is 6.07 Å². The summed E-state index contributed by atoms with van der Waals surface area (Å²) >= 11 is 0. The molecular formula is C14H9N5O. The molecule has 0 saturated carbocycles. The molecular weight excluding hydrogens is 254 g/mol. The molecule has 0 spiro atoms. The van der Waals surface area contributed by atoms with Crippen LogP contribution in [0.5, 0.6) is 0 Å². The number of benzene rings is 2. The molecule has 4 rings (SSSR count). The molecule has 0 amide bonds. The molecule has 6 nitrogen and oxygen atoms in total. The van der Waals surface area contributed by atoms with Crippen LogP contribution in [0.2, 0.25) is 0 Å². The zero-order valence-electron chi connectivity index (χ0n) is 10.3. The maximum absolute atomic E-state index is 12.1. The standard InChI is InChI=1S/C14H9N5O/c20-14-9-3-1-2-4-10(9)15-13(16-14)8-5-6-11-12(7-8)18-19-17-11/h1-7H,(H,15,16,20)(H,17,18,19). The molecule has 0 unspecified atom stereocenters. The molecule has 0 aliphatic carbocycles. The van der Waals surface area contributed by atoms with E-state index in [0.717, 1.165) is 16.6 Å². The van der Waals surface area contributed by atoms with Crippen molar-refractivity contribution in [2.24, 2.45) is 0 Å². The third-order valence-corrected chi connectivity index (χ3v) is 3.20. The van der Waals surface area contributed by atoms with E-state index in [1.807, 2.05) is 36.4 Å². The molecule has 0 fully saturated rings. The topological polar surface area (TPSA) is 87.3 Å². The van der Waals surface area contributed by atoms with E-state index in [0.29, 0.717) is 16.7 Å². The van der Waals surface area contributed by atoms with Crippen LogP contribution in [0, 0.1) is 0 Å². The molecule has 20 heavy (non-hydrogen) atoms. The minimum atomic E-state index is -0.147. The Morgan fingerprint density at radius 3 is 2.70 bits per heavy atom. The van der Waals surface area contributed by atoms with Gasteiger partial charge in [-0.1, -0.05) is 12.1 Å². The molecule has 2 heterocycles. The summed E-state index contributed by atoms with van der Waals surface area (Å²) in [5.41, 5.74) is 2.83. The van der Waals surface area contributed by atoms with E-state index in [1.165, 1.54) is 0 Å². The molecule has 4 aromatic rings. The molecule has 2 N–H and O–H groups in total. The van der Waals surface area contributed by atoms with Crippen molar-refractivity contribution in [2.75, 3.05) is 0 Å². The van der Waals surface area contributed by atoms with Gasteiger partial charge in [0.15, 0.2) is 0 Å². The van der Waals surface area contributed by atoms with Crippen LogP contribution in [0.3, 0.4) is 0 Å². The fourth-order valence-corrected chi connectivity index (χ4v) is 2.21. The summed E-state index contributed by atoms with van der Waals surface area (Å²) in [5, 5.41) is 11.2. The Hall–Kier alpha value is -3.02. The number of rotatable bonds is 1. The average Bonchev–Trinajstić information content (AvgIpc) is 2.94. The largest absolute Gasteiger partial charge is 0.306 e. The van der Waals surface area contributed by atoms with Crippen molar-refractivity contribution in [1.29, 1.82) is 0 Å². The van der Waals surface area contributed by atoms with Gasteiger partial charge in [0, 0.05) is 5.56 Å². The normalized spacial score (nSPS) is 11.2. The fourth-order valence-electron chi connectivity index (χ4n) is 2.21. The lowest BCUT2D eigenvalue weighted by atomic mass is 10.1. The van der Waals surface area contributed by atoms with E-state index in [2.05, 4.69) is 25.4 Å². The van der Waals surface area contributed by atoms with E-state index in [9.17, 15) is 4.79 Å². The molecule has 2 aromatic heterocycles. The lowest BCUT2D eigenvalue weighted by molar-refractivity contribution is 0.959. The number of para-hydroxylation sites is 1. The number of fused-ring (bicyclic) bond motifs is 2. The second-order valence-corrected chi connectivity index (χ2v) is 4.46. The zero-order valence-corrected chi connectivity index (χ0v) is 10.3. The summed E-state index contributed by atoms with van der Waals surface area (Å²) in [6, 6.07) is 12.8. The van der Waals surface area contributed by atoms with Gasteiger partial charge in [-0.25, -0.2) is 4.98 Å². The van der Waals surface area contributed by atoms with E-state index >= 15 is 0 Å². The summed E-state index contributed by atoms with van der Waals surface area (Å²) in [7, 11) is 0. The molecule has 0 aliphatic rings. The van der Waals surface area contributed by atoms with Gasteiger partial charge in [0.25, 0.3) is 5.56 Å². The predicted octanol–water partition coefficient (Wildman–Crippen LogP) is 1.86. The highest BCUT2D eigenvalue weighted by molar-refractivity contribution is 5.82. The highest BCUT2D eigenvalue weighted by Crippen LogP contribution is 2.19. The van der Waals surface area contributed by atoms with Crippen LogP contribution >= 0.6 is 0 Å². The Bertz CT molecular complexity index is 985. The molecule has 0 bridgehead atoms. The summed E-state index contributed by atoms with van der Waals surface area (Å²) < 4.78 is 0. The zero-order chi connectivity index (χ0) is 13.5. The smallest absolute Gasteiger partial charge is 0.259 e. The van der Waals surface area contributed by atoms with Crippen molar-refractivity contribution in [3.63, 3.8) is 0 Å². The quantitative estimate of drug-likeness (QED) is 0.548. The Kier molecular flexibility index (Phi) is 2.17. The van der Waals surface area contributed by atoms with Crippen LogP contribution in [0.15, 0.2) is 47.3 Å². The van der Waals surface area contributed by atoms with Crippen molar-refractivity contribution < 1.29 is 0 Å². The van der Waals surface area contributed by atoms with Gasteiger partial charge in [-0.15, -0.1) is 0 Å². The minimum absolute atomic E-state index is 0.147. The van der Waals surface area contributed by atoms with Crippen LogP contribution in [0.4, 0.5) is 0 Å². The Balaban J connectivity index is 1.99. The first kappa shape index (κ1) is 10.9. The number of hydrogen-bond acceptors (Lipinski definition) is 4. The Labute approximate surface area is 112 Å². The van der Waals surface area contributed by atoms with Crippen molar-refractivity contribution in [3.05, 3.63) is 52.8 Å². The lowest BCUT2D eigenvalue weighted by Crippen LogP contribution is -2.09. The van der Waals surface area contributed by atoms with Gasteiger partial charge in [0.1, 0.15) is 16.9 Å². The van der Waals surface area contributed by atoms with E-state index < -0.39 is 0 Å². The Morgan fingerprint density at radius 1 is 0.900 bits per heavy atom. The molecule has 0 aliphatic heterocycles. The Morgan fingerprint density at radius 2 is 1.75 bits per heavy atom. The first-order valence-corrected chi connectivity index (χ1v) is 6.11. The molecule has 2 aromatic carbocycles. The average molecular weight is 263 g/mol. The van der Waals surface area contributed by atoms with Crippen LogP contribution in [0.1, 0.15) is 0 Å². The SMILES string of the molecule is O=c1[nH]c(-c2ccc3n[nH]nc3c2)nc2ccccc12. The molecule has 0 saturated heterocycles. The van der Waals surface area contributed by atoms with Crippen LogP contribution in [0.25, 0.3) is 33.3 Å². The fraction of sp³-hybridized carbons (Fsp3) is 0. The van der Waals surface area contributed by atoms with Gasteiger partial charge in [0.2, 0.25) is 0 Å². The van der Waals surface area contributed by atoms with E-state index in [4.69, 9.17) is 0 Å². The number of aromatic amines is 2. The minimum Gasteiger partial charge on any atom is -0.306 e. The summed E-state index contributed by atoms with van der Waals surface area (Å²) in [5.74, 6) is 0.526. The highest BCUT2D eigenvalue weighted by atomic mass is 16.1. The van der Waals surface area contributed by atoms with Gasteiger partial charge < -0.3 is 4.98 Å². The van der Waals surface area contributed by atoms with E-state index in [-0.39, 0.29) is 5.56 Å². The van der Waals surface area contributed by atoms with Crippen LogP contribution in [-0.2, 0) is 0 Å². The number of hydrogen-bond donors (Lipinski definition) is 2. The first-order chi connectivity index (χ1) is 9.81.